The molecule has 1 aromatic heterocycles. The van der Waals surface area contributed by atoms with E-state index in [0.29, 0.717) is 11.0 Å². The first kappa shape index (κ1) is 22.9. The van der Waals surface area contributed by atoms with Gasteiger partial charge in [0, 0.05) is 24.2 Å². The SMILES string of the molecule is O=C(Nc1ccc(Cl)c(C(=O)c2ccc3ncc(N4CCCC4)nc3c2)c1F)c1ccc(F)cc1. The third-order valence-electron chi connectivity index (χ3n) is 5.89. The Morgan fingerprint density at radius 2 is 1.63 bits per heavy atom. The van der Waals surface area contributed by atoms with Gasteiger partial charge in [-0.25, -0.2) is 13.8 Å². The monoisotopic (exact) mass is 492 g/mol. The van der Waals surface area contributed by atoms with Gasteiger partial charge in [-0.15, -0.1) is 0 Å². The molecule has 1 aliphatic rings. The zero-order valence-electron chi connectivity index (χ0n) is 18.4. The van der Waals surface area contributed by atoms with Gasteiger partial charge in [0.25, 0.3) is 5.91 Å². The third kappa shape index (κ3) is 4.57. The number of hydrogen-bond donors (Lipinski definition) is 1. The quantitative estimate of drug-likeness (QED) is 0.365. The first-order valence-electron chi connectivity index (χ1n) is 11.0. The van der Waals surface area contributed by atoms with E-state index in [1.54, 1.807) is 18.3 Å². The number of aromatic nitrogens is 2. The maximum atomic E-state index is 15.4. The van der Waals surface area contributed by atoms with Crippen molar-refractivity contribution < 1.29 is 18.4 Å². The zero-order valence-corrected chi connectivity index (χ0v) is 19.1. The number of nitrogens with one attached hydrogen (secondary N) is 1. The molecule has 0 unspecified atom stereocenters. The van der Waals surface area contributed by atoms with Crippen LogP contribution in [0.25, 0.3) is 11.0 Å². The van der Waals surface area contributed by atoms with E-state index in [0.717, 1.165) is 43.9 Å². The van der Waals surface area contributed by atoms with Crippen LogP contribution in [0.5, 0.6) is 0 Å². The molecule has 9 heteroatoms. The van der Waals surface area contributed by atoms with Crippen molar-refractivity contribution in [1.82, 2.24) is 9.97 Å². The number of benzene rings is 3. The summed E-state index contributed by atoms with van der Waals surface area (Å²) < 4.78 is 28.5. The Morgan fingerprint density at radius 1 is 0.914 bits per heavy atom. The number of halogens is 3. The van der Waals surface area contributed by atoms with Crippen molar-refractivity contribution in [3.05, 3.63) is 94.1 Å². The van der Waals surface area contributed by atoms with Crippen LogP contribution in [0.4, 0.5) is 20.3 Å². The van der Waals surface area contributed by atoms with Crippen LogP contribution in [-0.2, 0) is 0 Å². The average molecular weight is 493 g/mol. The molecule has 6 nitrogen and oxygen atoms in total. The van der Waals surface area contributed by atoms with E-state index in [9.17, 15) is 14.0 Å². The maximum absolute atomic E-state index is 15.4. The molecule has 176 valence electrons. The molecule has 0 saturated carbocycles. The van der Waals surface area contributed by atoms with Crippen LogP contribution in [0.15, 0.2) is 60.8 Å². The summed E-state index contributed by atoms with van der Waals surface area (Å²) in [6.07, 6.45) is 3.88. The molecular formula is C26H19ClF2N4O2. The second-order valence-corrected chi connectivity index (χ2v) is 8.61. The molecule has 0 spiro atoms. The van der Waals surface area contributed by atoms with Crippen molar-refractivity contribution in [3.63, 3.8) is 0 Å². The summed E-state index contributed by atoms with van der Waals surface area (Å²) in [5.41, 5.74) is 0.855. The van der Waals surface area contributed by atoms with Gasteiger partial charge in [-0.2, -0.15) is 0 Å². The summed E-state index contributed by atoms with van der Waals surface area (Å²) >= 11 is 6.20. The lowest BCUT2D eigenvalue weighted by atomic mass is 10.0. The molecule has 4 aromatic rings. The number of amides is 1. The first-order valence-corrected chi connectivity index (χ1v) is 11.4. The molecule has 2 heterocycles. The van der Waals surface area contributed by atoms with Gasteiger partial charge in [0.2, 0.25) is 0 Å². The Labute approximate surface area is 204 Å². The number of hydrogen-bond acceptors (Lipinski definition) is 5. The van der Waals surface area contributed by atoms with Gasteiger partial charge in [0.05, 0.1) is 33.5 Å². The summed E-state index contributed by atoms with van der Waals surface area (Å²) in [4.78, 5) is 36.9. The van der Waals surface area contributed by atoms with Crippen LogP contribution < -0.4 is 10.2 Å². The van der Waals surface area contributed by atoms with E-state index in [1.165, 1.54) is 30.3 Å². The van der Waals surface area contributed by atoms with Crippen LogP contribution >= 0.6 is 11.6 Å². The lowest BCUT2D eigenvalue weighted by molar-refractivity contribution is 0.101. The molecule has 1 aliphatic heterocycles. The summed E-state index contributed by atoms with van der Waals surface area (Å²) in [5, 5.41) is 2.32. The highest BCUT2D eigenvalue weighted by Gasteiger charge is 2.23. The van der Waals surface area contributed by atoms with Crippen LogP contribution in [0.1, 0.15) is 39.1 Å². The topological polar surface area (TPSA) is 75.2 Å². The van der Waals surface area contributed by atoms with Gasteiger partial charge in [0.1, 0.15) is 11.6 Å². The van der Waals surface area contributed by atoms with Gasteiger partial charge in [0.15, 0.2) is 11.6 Å². The van der Waals surface area contributed by atoms with E-state index in [-0.39, 0.29) is 27.4 Å². The minimum Gasteiger partial charge on any atom is -0.355 e. The molecule has 35 heavy (non-hydrogen) atoms. The van der Waals surface area contributed by atoms with Crippen LogP contribution in [-0.4, -0.2) is 34.7 Å². The highest BCUT2D eigenvalue weighted by Crippen LogP contribution is 2.29. The van der Waals surface area contributed by atoms with E-state index in [2.05, 4.69) is 20.2 Å². The summed E-state index contributed by atoms with van der Waals surface area (Å²) in [5.74, 6) is -2.04. The second-order valence-electron chi connectivity index (χ2n) is 8.20. The van der Waals surface area contributed by atoms with Gasteiger partial charge in [-0.1, -0.05) is 11.6 Å². The molecular weight excluding hydrogens is 474 g/mol. The Balaban J connectivity index is 1.46. The van der Waals surface area contributed by atoms with Crippen molar-refractivity contribution in [2.75, 3.05) is 23.3 Å². The Bertz CT molecular complexity index is 1450. The molecule has 0 bridgehead atoms. The molecule has 0 radical (unpaired) electrons. The third-order valence-corrected chi connectivity index (χ3v) is 6.21. The molecule has 3 aromatic carbocycles. The minimum absolute atomic E-state index is 0.0933. The number of carbonyl (C=O) groups is 2. The van der Waals surface area contributed by atoms with Crippen molar-refractivity contribution in [2.24, 2.45) is 0 Å². The van der Waals surface area contributed by atoms with Crippen molar-refractivity contribution in [1.29, 1.82) is 0 Å². The van der Waals surface area contributed by atoms with Crippen LogP contribution in [0.2, 0.25) is 5.02 Å². The maximum Gasteiger partial charge on any atom is 0.255 e. The van der Waals surface area contributed by atoms with Gasteiger partial charge in [-0.3, -0.25) is 14.6 Å². The van der Waals surface area contributed by atoms with E-state index < -0.39 is 23.3 Å². The van der Waals surface area contributed by atoms with Gasteiger partial charge < -0.3 is 10.2 Å². The summed E-state index contributed by atoms with van der Waals surface area (Å²) in [7, 11) is 0. The number of anilines is 2. The molecule has 5 rings (SSSR count). The molecule has 0 atom stereocenters. The summed E-state index contributed by atoms with van der Waals surface area (Å²) in [6, 6.07) is 12.1. The normalized spacial score (nSPS) is 13.3. The first-order chi connectivity index (χ1) is 16.9. The average Bonchev–Trinajstić information content (AvgIpc) is 3.40. The van der Waals surface area contributed by atoms with E-state index in [1.807, 2.05) is 0 Å². The number of ketones is 1. The molecule has 1 saturated heterocycles. The van der Waals surface area contributed by atoms with Crippen molar-refractivity contribution >= 4 is 45.8 Å². The minimum atomic E-state index is -0.963. The van der Waals surface area contributed by atoms with Crippen LogP contribution in [0, 0.1) is 11.6 Å². The van der Waals surface area contributed by atoms with Gasteiger partial charge in [-0.05, 0) is 67.4 Å². The second kappa shape index (κ2) is 9.38. The fraction of sp³-hybridized carbons (Fsp3) is 0.154. The van der Waals surface area contributed by atoms with E-state index >= 15 is 4.39 Å². The fourth-order valence-electron chi connectivity index (χ4n) is 4.04. The lowest BCUT2D eigenvalue weighted by Crippen LogP contribution is -2.19. The standard InChI is InChI=1S/C26H19ClF2N4O2/c27-18-8-10-20(32-26(35)15-3-6-17(28)7-4-15)24(29)23(18)25(34)16-5-9-19-21(13-16)31-22(14-30-19)33-11-1-2-12-33/h3-10,13-14H,1-2,11-12H2,(H,32,35). The molecule has 1 N–H and O–H groups in total. The smallest absolute Gasteiger partial charge is 0.255 e. The zero-order chi connectivity index (χ0) is 24.5. The lowest BCUT2D eigenvalue weighted by Gasteiger charge is -2.16. The van der Waals surface area contributed by atoms with Gasteiger partial charge >= 0.3 is 0 Å². The predicted molar refractivity (Wildman–Crippen MR) is 130 cm³/mol. The largest absolute Gasteiger partial charge is 0.355 e. The fourth-order valence-corrected chi connectivity index (χ4v) is 4.27. The number of carbonyl (C=O) groups excluding carboxylic acids is 2. The molecule has 1 fully saturated rings. The number of rotatable bonds is 5. The van der Waals surface area contributed by atoms with E-state index in [4.69, 9.17) is 11.6 Å². The Morgan fingerprint density at radius 3 is 2.37 bits per heavy atom. The Hall–Kier alpha value is -3.91. The van der Waals surface area contributed by atoms with Crippen LogP contribution in [0.3, 0.4) is 0 Å². The number of nitrogens with zero attached hydrogens (tertiary/aromatic N) is 3. The van der Waals surface area contributed by atoms with Crippen molar-refractivity contribution in [3.8, 4) is 0 Å². The highest BCUT2D eigenvalue weighted by atomic mass is 35.5. The highest BCUT2D eigenvalue weighted by molar-refractivity contribution is 6.35. The predicted octanol–water partition coefficient (Wildman–Crippen LogP) is 5.64. The molecule has 0 aliphatic carbocycles. The van der Waals surface area contributed by atoms with Crippen molar-refractivity contribution in [2.45, 2.75) is 12.8 Å². The molecule has 1 amide bonds. The summed E-state index contributed by atoms with van der Waals surface area (Å²) in [6.45, 7) is 1.80. The Kier molecular flexibility index (Phi) is 6.13. The number of fused-ring (bicyclic) bond motifs is 1.